The van der Waals surface area contributed by atoms with Crippen LogP contribution in [-0.2, 0) is 32.3 Å². The molecule has 1 N–H and O–H groups in total. The normalized spacial score (nSPS) is 17.4. The molecule has 0 bridgehead atoms. The summed E-state index contributed by atoms with van der Waals surface area (Å²) in [6.45, 7) is 8.67. The summed E-state index contributed by atoms with van der Waals surface area (Å²) in [6.07, 6.45) is 6.57. The lowest BCUT2D eigenvalue weighted by atomic mass is 9.94. The van der Waals surface area contributed by atoms with Gasteiger partial charge in [-0.25, -0.2) is 18.2 Å². The van der Waals surface area contributed by atoms with Crippen molar-refractivity contribution in [2.45, 2.75) is 76.7 Å². The van der Waals surface area contributed by atoms with E-state index in [1.807, 2.05) is 39.0 Å². The zero-order chi connectivity index (χ0) is 35.6. The lowest BCUT2D eigenvalue weighted by Gasteiger charge is -2.31. The van der Waals surface area contributed by atoms with Gasteiger partial charge in [0.25, 0.3) is 0 Å². The molecule has 2 amide bonds. The van der Waals surface area contributed by atoms with Crippen LogP contribution in [0.2, 0.25) is 0 Å². The van der Waals surface area contributed by atoms with Crippen molar-refractivity contribution in [2.75, 3.05) is 44.4 Å². The lowest BCUT2D eigenvalue weighted by molar-refractivity contribution is -0.118. The summed E-state index contributed by atoms with van der Waals surface area (Å²) in [6, 6.07) is 18.9. The monoisotopic (exact) mass is 699 g/mol. The van der Waals surface area contributed by atoms with Gasteiger partial charge in [-0.1, -0.05) is 54.6 Å². The summed E-state index contributed by atoms with van der Waals surface area (Å²) in [4.78, 5) is 40.8. The number of aromatic nitrogens is 2. The third-order valence-electron chi connectivity index (χ3n) is 9.85. The molecule has 266 valence electrons. The Morgan fingerprint density at radius 2 is 1.64 bits per heavy atom. The highest BCUT2D eigenvalue weighted by Gasteiger charge is 2.28. The van der Waals surface area contributed by atoms with Crippen LogP contribution in [0, 0.1) is 0 Å². The topological polar surface area (TPSA) is 116 Å². The molecule has 2 aromatic carbocycles. The average Bonchev–Trinajstić information content (AvgIpc) is 3.46. The number of hydrogen-bond acceptors (Lipinski definition) is 7. The number of rotatable bonds is 5. The van der Waals surface area contributed by atoms with Gasteiger partial charge in [0.15, 0.2) is 0 Å². The number of nitrogens with zero attached hydrogens (tertiary/aromatic N) is 4. The zero-order valence-electron chi connectivity index (χ0n) is 29.9. The number of nitrogens with one attached hydrogen (secondary N) is 1. The molecule has 50 heavy (non-hydrogen) atoms. The van der Waals surface area contributed by atoms with Crippen LogP contribution < -0.4 is 4.90 Å². The van der Waals surface area contributed by atoms with Gasteiger partial charge in [0.05, 0.1) is 22.8 Å². The maximum absolute atomic E-state index is 13.6. The Morgan fingerprint density at radius 3 is 2.30 bits per heavy atom. The van der Waals surface area contributed by atoms with Crippen LogP contribution >= 0.6 is 0 Å². The maximum Gasteiger partial charge on any atom is 0.410 e. The van der Waals surface area contributed by atoms with Crippen molar-refractivity contribution in [1.29, 1.82) is 0 Å². The number of pyridine rings is 1. The predicted octanol–water partition coefficient (Wildman–Crippen LogP) is 6.83. The van der Waals surface area contributed by atoms with Crippen LogP contribution in [0.4, 0.5) is 10.5 Å². The van der Waals surface area contributed by atoms with Crippen LogP contribution in [0.25, 0.3) is 33.4 Å². The summed E-state index contributed by atoms with van der Waals surface area (Å²) in [5.74, 6) is -0.0870. The maximum atomic E-state index is 13.6. The van der Waals surface area contributed by atoms with E-state index < -0.39 is 21.5 Å². The zero-order valence-corrected chi connectivity index (χ0v) is 30.7. The molecule has 6 rings (SSSR count). The molecule has 0 radical (unpaired) electrons. The Hall–Kier alpha value is -4.22. The minimum atomic E-state index is -3.00. The first-order chi connectivity index (χ1) is 23.8. The molecule has 1 saturated heterocycles. The van der Waals surface area contributed by atoms with E-state index in [-0.39, 0.29) is 17.6 Å². The number of anilines is 1. The highest BCUT2D eigenvalue weighted by atomic mass is 32.2. The van der Waals surface area contributed by atoms with E-state index >= 15 is 0 Å². The molecule has 2 aliphatic rings. The standard InChI is InChI=1S/C39H49N5O5S/c1-39(2,3)49-38(46)44-21-10-9-13-31-32(42(4)33(45)20-24-44)25-40-37-35(31)34(28-11-7-6-8-12-28)36(41-37)29-16-14-27(15-17-29)26-43-22-18-30(19-23-43)50(5,47)48/h6-8,11-12,14-17,25,30H,9-10,13,18-24,26H2,1-5H3,(H,40,41). The Bertz CT molecular complexity index is 1940. The van der Waals surface area contributed by atoms with Gasteiger partial charge >= 0.3 is 6.09 Å². The van der Waals surface area contributed by atoms with E-state index in [1.165, 1.54) is 11.8 Å². The van der Waals surface area contributed by atoms with E-state index in [1.54, 1.807) is 23.0 Å². The van der Waals surface area contributed by atoms with Crippen molar-refractivity contribution < 1.29 is 22.7 Å². The molecule has 10 nitrogen and oxygen atoms in total. The fourth-order valence-electron chi connectivity index (χ4n) is 7.15. The second kappa shape index (κ2) is 14.6. The second-order valence-corrected chi connectivity index (χ2v) is 17.0. The Morgan fingerprint density at radius 1 is 0.940 bits per heavy atom. The summed E-state index contributed by atoms with van der Waals surface area (Å²) >= 11 is 0. The van der Waals surface area contributed by atoms with Gasteiger partial charge in [0.1, 0.15) is 21.1 Å². The number of piperidine rings is 1. The SMILES string of the molecule is CN1C(=O)CCN(C(=O)OC(C)(C)C)CCCCc2c1cnc1[nH]c(-c3ccc(CN4CCC(S(C)(=O)=O)CC4)cc3)c(-c3ccccc3)c21. The number of fused-ring (bicyclic) bond motifs is 3. The van der Waals surface area contributed by atoms with Gasteiger partial charge in [0.2, 0.25) is 5.91 Å². The molecular formula is C39H49N5O5S. The molecule has 0 unspecified atom stereocenters. The number of carbonyl (C=O) groups excluding carboxylic acids is 2. The molecular weight excluding hydrogens is 651 g/mol. The van der Waals surface area contributed by atoms with Crippen LogP contribution in [0.3, 0.4) is 0 Å². The summed E-state index contributed by atoms with van der Waals surface area (Å²) in [5.41, 5.74) is 7.27. The number of sulfone groups is 1. The average molecular weight is 700 g/mol. The Labute approximate surface area is 295 Å². The third-order valence-corrected chi connectivity index (χ3v) is 11.5. The van der Waals surface area contributed by atoms with E-state index in [0.717, 1.165) is 77.1 Å². The highest BCUT2D eigenvalue weighted by Crippen LogP contribution is 2.42. The third kappa shape index (κ3) is 8.05. The van der Waals surface area contributed by atoms with Gasteiger partial charge in [-0.05, 0) is 88.2 Å². The molecule has 0 saturated carbocycles. The number of hydrogen-bond donors (Lipinski definition) is 1. The van der Waals surface area contributed by atoms with Gasteiger partial charge in [0, 0.05) is 50.3 Å². The highest BCUT2D eigenvalue weighted by molar-refractivity contribution is 7.91. The number of ether oxygens (including phenoxy) is 1. The van der Waals surface area contributed by atoms with Crippen LogP contribution in [0.1, 0.15) is 64.0 Å². The molecule has 0 aliphatic carbocycles. The molecule has 0 atom stereocenters. The first-order valence-electron chi connectivity index (χ1n) is 17.6. The van der Waals surface area contributed by atoms with Crippen LogP contribution in [0.15, 0.2) is 60.8 Å². The van der Waals surface area contributed by atoms with Gasteiger partial charge in [-0.3, -0.25) is 9.69 Å². The molecule has 11 heteroatoms. The van der Waals surface area contributed by atoms with Gasteiger partial charge < -0.3 is 19.5 Å². The molecule has 4 heterocycles. The molecule has 4 aromatic rings. The number of aromatic amines is 1. The predicted molar refractivity (Wildman–Crippen MR) is 199 cm³/mol. The van der Waals surface area contributed by atoms with Crippen LogP contribution in [-0.4, -0.2) is 90.5 Å². The van der Waals surface area contributed by atoms with E-state index in [4.69, 9.17) is 9.72 Å². The number of aryl methyl sites for hydroxylation is 1. The molecule has 2 aliphatic heterocycles. The smallest absolute Gasteiger partial charge is 0.410 e. The van der Waals surface area contributed by atoms with Crippen molar-refractivity contribution in [3.05, 3.63) is 71.9 Å². The van der Waals surface area contributed by atoms with Crippen molar-refractivity contribution >= 4 is 38.6 Å². The minimum Gasteiger partial charge on any atom is -0.444 e. The van der Waals surface area contributed by atoms with Crippen molar-refractivity contribution in [3.63, 3.8) is 0 Å². The first kappa shape index (κ1) is 35.6. The number of benzene rings is 2. The minimum absolute atomic E-state index is 0.0870. The summed E-state index contributed by atoms with van der Waals surface area (Å²) < 4.78 is 29.7. The first-order valence-corrected chi connectivity index (χ1v) is 19.6. The molecule has 2 aromatic heterocycles. The van der Waals surface area contributed by atoms with Crippen LogP contribution in [0.5, 0.6) is 0 Å². The summed E-state index contributed by atoms with van der Waals surface area (Å²) in [5, 5.41) is 0.764. The molecule has 1 fully saturated rings. The van der Waals surface area contributed by atoms with E-state index in [2.05, 4.69) is 46.3 Å². The van der Waals surface area contributed by atoms with Crippen molar-refractivity contribution in [3.8, 4) is 22.4 Å². The number of carbonyl (C=O) groups is 2. The fraction of sp³-hybridized carbons (Fsp3) is 0.462. The largest absolute Gasteiger partial charge is 0.444 e. The second-order valence-electron chi connectivity index (χ2n) is 14.7. The fourth-order valence-corrected chi connectivity index (χ4v) is 8.22. The Balaban J connectivity index is 1.33. The number of likely N-dealkylation sites (tertiary alicyclic amines) is 1. The lowest BCUT2D eigenvalue weighted by Crippen LogP contribution is -2.39. The van der Waals surface area contributed by atoms with Crippen molar-refractivity contribution in [1.82, 2.24) is 19.8 Å². The van der Waals surface area contributed by atoms with E-state index in [9.17, 15) is 18.0 Å². The number of H-pyrrole nitrogens is 1. The molecule has 0 spiro atoms. The quantitative estimate of drug-likeness (QED) is 0.243. The van der Waals surface area contributed by atoms with E-state index in [0.29, 0.717) is 32.4 Å². The van der Waals surface area contributed by atoms with Gasteiger partial charge in [-0.2, -0.15) is 0 Å². The number of amides is 2. The van der Waals surface area contributed by atoms with Gasteiger partial charge in [-0.15, -0.1) is 0 Å². The van der Waals surface area contributed by atoms with Crippen molar-refractivity contribution in [2.24, 2.45) is 0 Å². The summed E-state index contributed by atoms with van der Waals surface area (Å²) in [7, 11) is -1.21. The Kier molecular flexibility index (Phi) is 10.4.